The quantitative estimate of drug-likeness (QED) is 0.233. The maximum atomic E-state index is 14.0. The number of rotatable bonds is 4. The van der Waals surface area contributed by atoms with Gasteiger partial charge in [0.15, 0.2) is 17.5 Å². The molecule has 208 valence electrons. The molecule has 0 radical (unpaired) electrons. The van der Waals surface area contributed by atoms with Crippen LogP contribution in [0.5, 0.6) is 0 Å². The van der Waals surface area contributed by atoms with Crippen LogP contribution in [0.3, 0.4) is 0 Å². The van der Waals surface area contributed by atoms with Crippen LogP contribution < -0.4 is 10.2 Å². The number of aliphatic imine (C=N–C) groups is 2. The monoisotopic (exact) mass is 574 g/mol. The lowest BCUT2D eigenvalue weighted by molar-refractivity contribution is 0.628. The van der Waals surface area contributed by atoms with Crippen molar-refractivity contribution < 1.29 is 4.39 Å². The van der Waals surface area contributed by atoms with E-state index in [1.807, 2.05) is 60.1 Å². The average molecular weight is 575 g/mol. The van der Waals surface area contributed by atoms with Gasteiger partial charge in [-0.1, -0.05) is 80.0 Å². The van der Waals surface area contributed by atoms with E-state index in [-0.39, 0.29) is 11.1 Å². The zero-order chi connectivity index (χ0) is 29.0. The summed E-state index contributed by atoms with van der Waals surface area (Å²) in [4.78, 5) is 12.5. The van der Waals surface area contributed by atoms with Crippen LogP contribution in [0.1, 0.15) is 48.2 Å². The molecule has 1 atom stereocenters. The first-order valence-corrected chi connectivity index (χ1v) is 14.3. The second kappa shape index (κ2) is 10.3. The third kappa shape index (κ3) is 4.37. The Labute approximate surface area is 248 Å². The van der Waals surface area contributed by atoms with Crippen LogP contribution in [0.4, 0.5) is 27.3 Å². The Morgan fingerprint density at radius 3 is 2.36 bits per heavy atom. The SMILES string of the molecule is Cc1nn(-c2ccccc2)c2c1[C@H](c1ccc(C(C)C)cc1)N1C(=N2)C(Nc2ccc(F)c(Cl)c2)=Nc2ccccc21. The Hall–Kier alpha value is -4.75. The van der Waals surface area contributed by atoms with Crippen LogP contribution in [-0.4, -0.2) is 21.5 Å². The van der Waals surface area contributed by atoms with Gasteiger partial charge in [-0.15, -0.1) is 0 Å². The van der Waals surface area contributed by atoms with Crippen LogP contribution in [0, 0.1) is 12.7 Å². The lowest BCUT2D eigenvalue weighted by Crippen LogP contribution is -2.46. The second-order valence-corrected chi connectivity index (χ2v) is 11.2. The van der Waals surface area contributed by atoms with Crippen LogP contribution in [0.25, 0.3) is 5.69 Å². The van der Waals surface area contributed by atoms with Crippen molar-refractivity contribution in [1.29, 1.82) is 0 Å². The third-order valence-corrected chi connectivity index (χ3v) is 8.03. The smallest absolute Gasteiger partial charge is 0.179 e. The van der Waals surface area contributed by atoms with Gasteiger partial charge >= 0.3 is 0 Å². The molecule has 0 spiro atoms. The number of nitrogens with one attached hydrogen (secondary N) is 1. The van der Waals surface area contributed by atoms with E-state index in [1.54, 1.807) is 12.1 Å². The summed E-state index contributed by atoms with van der Waals surface area (Å²) in [5, 5.41) is 8.40. The Bertz CT molecular complexity index is 1870. The molecule has 2 aliphatic rings. The van der Waals surface area contributed by atoms with E-state index >= 15 is 0 Å². The molecule has 7 rings (SSSR count). The molecule has 0 bridgehead atoms. The summed E-state index contributed by atoms with van der Waals surface area (Å²) >= 11 is 6.14. The first kappa shape index (κ1) is 26.2. The van der Waals surface area contributed by atoms with E-state index in [9.17, 15) is 4.39 Å². The number of hydrogen-bond donors (Lipinski definition) is 1. The van der Waals surface area contributed by atoms with Crippen molar-refractivity contribution in [3.05, 3.63) is 130 Å². The minimum absolute atomic E-state index is 0.0300. The van der Waals surface area contributed by atoms with Gasteiger partial charge in [0, 0.05) is 11.3 Å². The van der Waals surface area contributed by atoms with Crippen molar-refractivity contribution >= 4 is 46.2 Å². The Morgan fingerprint density at radius 2 is 1.62 bits per heavy atom. The van der Waals surface area contributed by atoms with E-state index in [4.69, 9.17) is 26.7 Å². The fourth-order valence-corrected chi connectivity index (χ4v) is 5.82. The number of halogens is 2. The molecule has 8 heteroatoms. The molecular formula is C34H28ClFN6. The molecule has 42 heavy (non-hydrogen) atoms. The highest BCUT2D eigenvalue weighted by molar-refractivity contribution is 6.51. The average Bonchev–Trinajstić information content (AvgIpc) is 3.34. The molecule has 6 nitrogen and oxygen atoms in total. The van der Waals surface area contributed by atoms with Crippen molar-refractivity contribution in [2.75, 3.05) is 10.2 Å². The summed E-state index contributed by atoms with van der Waals surface area (Å²) in [7, 11) is 0. The predicted molar refractivity (Wildman–Crippen MR) is 169 cm³/mol. The van der Waals surface area contributed by atoms with Crippen molar-refractivity contribution in [3.63, 3.8) is 0 Å². The molecule has 0 unspecified atom stereocenters. The lowest BCUT2D eigenvalue weighted by atomic mass is 9.91. The molecule has 1 aromatic heterocycles. The Kier molecular flexibility index (Phi) is 6.39. The molecule has 5 aromatic rings. The van der Waals surface area contributed by atoms with E-state index in [0.717, 1.165) is 39.7 Å². The number of aryl methyl sites for hydroxylation is 1. The Balaban J connectivity index is 1.47. The molecule has 0 fully saturated rings. The summed E-state index contributed by atoms with van der Waals surface area (Å²) in [5.41, 5.74) is 7.58. The number of fused-ring (bicyclic) bond motifs is 4. The third-order valence-electron chi connectivity index (χ3n) is 7.74. The summed E-state index contributed by atoms with van der Waals surface area (Å²) in [6.45, 7) is 6.44. The number of hydrogen-bond acceptors (Lipinski definition) is 5. The molecule has 1 N–H and O–H groups in total. The predicted octanol–water partition coefficient (Wildman–Crippen LogP) is 8.89. The number of amidine groups is 2. The van der Waals surface area contributed by atoms with Gasteiger partial charge in [0.25, 0.3) is 0 Å². The van der Waals surface area contributed by atoms with Gasteiger partial charge in [-0.05, 0) is 66.4 Å². The molecule has 0 saturated heterocycles. The fourth-order valence-electron chi connectivity index (χ4n) is 5.64. The molecule has 2 aliphatic heterocycles. The van der Waals surface area contributed by atoms with Crippen LogP contribution in [0.15, 0.2) is 107 Å². The van der Waals surface area contributed by atoms with Gasteiger partial charge in [-0.3, -0.25) is 0 Å². The molecule has 0 saturated carbocycles. The summed E-state index contributed by atoms with van der Waals surface area (Å²) in [5.74, 6) is 1.85. The molecule has 4 aromatic carbocycles. The standard InChI is InChI=1S/C34H28ClFN6/c1-20(2)22-13-15-23(16-14-22)31-30-21(3)40-42(25-9-5-4-6-10-25)33(30)39-34-32(37-24-17-18-27(36)26(35)19-24)38-28-11-7-8-12-29(28)41(31)34/h4-20,31H,1-3H3,(H,37,38)/t31-/m0/s1. The first-order chi connectivity index (χ1) is 20.4. The second-order valence-electron chi connectivity index (χ2n) is 10.8. The zero-order valence-corrected chi connectivity index (χ0v) is 24.1. The van der Waals surface area contributed by atoms with Crippen molar-refractivity contribution in [2.24, 2.45) is 9.98 Å². The molecule has 3 heterocycles. The maximum Gasteiger partial charge on any atom is 0.179 e. The number of para-hydroxylation sites is 3. The highest BCUT2D eigenvalue weighted by Crippen LogP contribution is 2.48. The van der Waals surface area contributed by atoms with Crippen LogP contribution in [0.2, 0.25) is 5.02 Å². The lowest BCUT2D eigenvalue weighted by Gasteiger charge is -2.40. The first-order valence-electron chi connectivity index (χ1n) is 13.9. The van der Waals surface area contributed by atoms with Crippen molar-refractivity contribution in [1.82, 2.24) is 9.78 Å². The molecule has 0 aliphatic carbocycles. The van der Waals surface area contributed by atoms with Gasteiger partial charge in [0.2, 0.25) is 0 Å². The normalized spacial score (nSPS) is 15.5. The van der Waals surface area contributed by atoms with Gasteiger partial charge in [0.05, 0.1) is 33.8 Å². The summed E-state index contributed by atoms with van der Waals surface area (Å²) in [6.07, 6.45) is 0. The molecule has 0 amide bonds. The largest absolute Gasteiger partial charge is 0.337 e. The summed E-state index contributed by atoms with van der Waals surface area (Å²) < 4.78 is 15.9. The van der Waals surface area contributed by atoms with E-state index in [1.165, 1.54) is 11.6 Å². The highest BCUT2D eigenvalue weighted by atomic mass is 35.5. The summed E-state index contributed by atoms with van der Waals surface area (Å²) in [6, 6.07) is 31.2. The van der Waals surface area contributed by atoms with E-state index in [2.05, 4.69) is 54.4 Å². The number of benzene rings is 4. The van der Waals surface area contributed by atoms with Gasteiger partial charge in [-0.25, -0.2) is 19.1 Å². The van der Waals surface area contributed by atoms with Gasteiger partial charge < -0.3 is 10.2 Å². The highest BCUT2D eigenvalue weighted by Gasteiger charge is 2.41. The van der Waals surface area contributed by atoms with Crippen LogP contribution >= 0.6 is 11.6 Å². The fraction of sp³-hybridized carbons (Fsp3) is 0.147. The van der Waals surface area contributed by atoms with Crippen molar-refractivity contribution in [2.45, 2.75) is 32.7 Å². The number of aromatic nitrogens is 2. The van der Waals surface area contributed by atoms with E-state index < -0.39 is 5.82 Å². The topological polar surface area (TPSA) is 57.8 Å². The maximum absolute atomic E-state index is 14.0. The Morgan fingerprint density at radius 1 is 0.881 bits per heavy atom. The molecular weight excluding hydrogens is 547 g/mol. The minimum Gasteiger partial charge on any atom is -0.337 e. The van der Waals surface area contributed by atoms with Crippen LogP contribution in [-0.2, 0) is 0 Å². The number of anilines is 2. The van der Waals surface area contributed by atoms with Gasteiger partial charge in [-0.2, -0.15) is 5.10 Å². The van der Waals surface area contributed by atoms with Crippen molar-refractivity contribution in [3.8, 4) is 5.69 Å². The zero-order valence-electron chi connectivity index (χ0n) is 23.4. The number of nitrogens with zero attached hydrogens (tertiary/aromatic N) is 5. The van der Waals surface area contributed by atoms with E-state index in [0.29, 0.717) is 23.3 Å². The van der Waals surface area contributed by atoms with Gasteiger partial charge in [0.1, 0.15) is 5.82 Å². The minimum atomic E-state index is -0.480.